The van der Waals surface area contributed by atoms with Crippen molar-refractivity contribution < 1.29 is 0 Å². The lowest BCUT2D eigenvalue weighted by molar-refractivity contribution is 0.588. The third-order valence-electron chi connectivity index (χ3n) is 3.45. The molecule has 102 valence electrons. The molecule has 2 heteroatoms. The molecule has 0 fully saturated rings. The van der Waals surface area contributed by atoms with E-state index in [1.54, 1.807) is 0 Å². The first-order valence-electron chi connectivity index (χ1n) is 7.17. The summed E-state index contributed by atoms with van der Waals surface area (Å²) in [5.74, 6) is 0. The summed E-state index contributed by atoms with van der Waals surface area (Å²) in [4.78, 5) is 2.46. The van der Waals surface area contributed by atoms with Crippen LogP contribution in [-0.2, 0) is 6.54 Å². The molecule has 18 heavy (non-hydrogen) atoms. The van der Waals surface area contributed by atoms with Gasteiger partial charge < -0.3 is 10.2 Å². The van der Waals surface area contributed by atoms with Crippen LogP contribution >= 0.6 is 0 Å². The third kappa shape index (κ3) is 4.34. The van der Waals surface area contributed by atoms with Crippen LogP contribution in [0.4, 0.5) is 5.69 Å². The Morgan fingerprint density at radius 2 is 1.67 bits per heavy atom. The van der Waals surface area contributed by atoms with Crippen molar-refractivity contribution in [3.8, 4) is 0 Å². The summed E-state index contributed by atoms with van der Waals surface area (Å²) in [7, 11) is 0. The Labute approximate surface area is 112 Å². The van der Waals surface area contributed by atoms with Crippen LogP contribution in [0.15, 0.2) is 24.3 Å². The van der Waals surface area contributed by atoms with E-state index in [1.807, 2.05) is 0 Å². The molecule has 0 aliphatic rings. The lowest BCUT2D eigenvalue weighted by atomic mass is 10.1. The molecule has 1 unspecified atom stereocenters. The van der Waals surface area contributed by atoms with Crippen molar-refractivity contribution in [3.63, 3.8) is 0 Å². The molecule has 0 aliphatic heterocycles. The predicted octanol–water partition coefficient (Wildman–Crippen LogP) is 3.81. The van der Waals surface area contributed by atoms with Crippen molar-refractivity contribution in [2.45, 2.75) is 59.7 Å². The second-order valence-corrected chi connectivity index (χ2v) is 5.25. The van der Waals surface area contributed by atoms with Gasteiger partial charge in [-0.2, -0.15) is 0 Å². The second-order valence-electron chi connectivity index (χ2n) is 5.25. The number of nitrogens with one attached hydrogen (secondary N) is 1. The van der Waals surface area contributed by atoms with E-state index in [0.29, 0.717) is 12.1 Å². The lowest BCUT2D eigenvalue weighted by Crippen LogP contribution is -2.32. The van der Waals surface area contributed by atoms with Gasteiger partial charge in [-0.15, -0.1) is 0 Å². The number of benzene rings is 1. The fourth-order valence-corrected chi connectivity index (χ4v) is 2.10. The minimum atomic E-state index is 0.539. The monoisotopic (exact) mass is 248 g/mol. The molecule has 1 atom stereocenters. The zero-order valence-electron chi connectivity index (χ0n) is 12.5. The van der Waals surface area contributed by atoms with Crippen molar-refractivity contribution in [3.05, 3.63) is 29.8 Å². The molecule has 1 rings (SSSR count). The normalized spacial score (nSPS) is 12.8. The van der Waals surface area contributed by atoms with Gasteiger partial charge in [0, 0.05) is 30.9 Å². The highest BCUT2D eigenvalue weighted by atomic mass is 15.1. The van der Waals surface area contributed by atoms with E-state index in [1.165, 1.54) is 17.7 Å². The van der Waals surface area contributed by atoms with Crippen LogP contribution in [0, 0.1) is 0 Å². The lowest BCUT2D eigenvalue weighted by Gasteiger charge is -2.29. The Morgan fingerprint density at radius 3 is 2.11 bits per heavy atom. The second kappa shape index (κ2) is 7.42. The van der Waals surface area contributed by atoms with Crippen molar-refractivity contribution >= 4 is 5.69 Å². The van der Waals surface area contributed by atoms with E-state index in [9.17, 15) is 0 Å². The van der Waals surface area contributed by atoms with E-state index >= 15 is 0 Å². The van der Waals surface area contributed by atoms with Crippen LogP contribution < -0.4 is 10.2 Å². The first kappa shape index (κ1) is 15.0. The fourth-order valence-electron chi connectivity index (χ4n) is 2.10. The maximum atomic E-state index is 3.44. The molecule has 0 aromatic heterocycles. The van der Waals surface area contributed by atoms with Gasteiger partial charge in [0.2, 0.25) is 0 Å². The highest BCUT2D eigenvalue weighted by Crippen LogP contribution is 2.19. The molecule has 0 bridgehead atoms. The van der Waals surface area contributed by atoms with Gasteiger partial charge in [0.05, 0.1) is 0 Å². The van der Waals surface area contributed by atoms with E-state index in [-0.39, 0.29) is 0 Å². The van der Waals surface area contributed by atoms with Crippen molar-refractivity contribution in [2.24, 2.45) is 0 Å². The predicted molar refractivity (Wildman–Crippen MR) is 81.2 cm³/mol. The Bertz CT molecular complexity index is 329. The highest BCUT2D eigenvalue weighted by molar-refractivity contribution is 5.48. The molecule has 0 saturated heterocycles. The van der Waals surface area contributed by atoms with E-state index in [4.69, 9.17) is 0 Å². The molecule has 2 nitrogen and oxygen atoms in total. The Morgan fingerprint density at radius 1 is 1.06 bits per heavy atom. The van der Waals surface area contributed by atoms with Gasteiger partial charge in [0.1, 0.15) is 0 Å². The van der Waals surface area contributed by atoms with Gasteiger partial charge in [0.15, 0.2) is 0 Å². The Hall–Kier alpha value is -1.02. The highest BCUT2D eigenvalue weighted by Gasteiger charge is 2.10. The Balaban J connectivity index is 2.68. The summed E-state index contributed by atoms with van der Waals surface area (Å²) in [6.45, 7) is 13.1. The standard InChI is InChI=1S/C16H28N2/c1-6-14(5)18(7-2)16-10-8-15(9-11-16)12-17-13(3)4/h8-11,13-14,17H,6-7,12H2,1-5H3. The summed E-state index contributed by atoms with van der Waals surface area (Å²) in [5, 5.41) is 3.44. The summed E-state index contributed by atoms with van der Waals surface area (Å²) < 4.78 is 0. The summed E-state index contributed by atoms with van der Waals surface area (Å²) >= 11 is 0. The number of hydrogen-bond donors (Lipinski definition) is 1. The van der Waals surface area contributed by atoms with Crippen molar-refractivity contribution in [2.75, 3.05) is 11.4 Å². The average Bonchev–Trinajstić information content (AvgIpc) is 2.38. The van der Waals surface area contributed by atoms with E-state index in [0.717, 1.165) is 13.1 Å². The molecular weight excluding hydrogens is 220 g/mol. The quantitative estimate of drug-likeness (QED) is 0.789. The average molecular weight is 248 g/mol. The molecule has 0 amide bonds. The summed E-state index contributed by atoms with van der Waals surface area (Å²) in [5.41, 5.74) is 2.69. The molecule has 0 heterocycles. The minimum absolute atomic E-state index is 0.539. The fraction of sp³-hybridized carbons (Fsp3) is 0.625. The molecule has 1 aromatic carbocycles. The molecule has 1 N–H and O–H groups in total. The molecule has 0 aliphatic carbocycles. The molecule has 0 spiro atoms. The van der Waals surface area contributed by atoms with Crippen LogP contribution in [0.5, 0.6) is 0 Å². The van der Waals surface area contributed by atoms with Crippen LogP contribution in [0.3, 0.4) is 0 Å². The van der Waals surface area contributed by atoms with Gasteiger partial charge in [-0.25, -0.2) is 0 Å². The maximum absolute atomic E-state index is 3.44. The van der Waals surface area contributed by atoms with Gasteiger partial charge in [-0.05, 0) is 38.0 Å². The van der Waals surface area contributed by atoms with Crippen molar-refractivity contribution in [1.82, 2.24) is 5.32 Å². The third-order valence-corrected chi connectivity index (χ3v) is 3.45. The van der Waals surface area contributed by atoms with Gasteiger partial charge in [-0.3, -0.25) is 0 Å². The van der Waals surface area contributed by atoms with E-state index in [2.05, 4.69) is 69.1 Å². The first-order valence-corrected chi connectivity index (χ1v) is 7.17. The number of nitrogens with zero attached hydrogens (tertiary/aromatic N) is 1. The minimum Gasteiger partial charge on any atom is -0.369 e. The van der Waals surface area contributed by atoms with Crippen LogP contribution in [-0.4, -0.2) is 18.6 Å². The van der Waals surface area contributed by atoms with Crippen LogP contribution in [0.1, 0.15) is 46.6 Å². The van der Waals surface area contributed by atoms with Crippen LogP contribution in [0.25, 0.3) is 0 Å². The number of hydrogen-bond acceptors (Lipinski definition) is 2. The zero-order valence-corrected chi connectivity index (χ0v) is 12.5. The Kier molecular flexibility index (Phi) is 6.20. The molecular formula is C16H28N2. The van der Waals surface area contributed by atoms with Crippen molar-refractivity contribution in [1.29, 1.82) is 0 Å². The largest absolute Gasteiger partial charge is 0.369 e. The van der Waals surface area contributed by atoms with Gasteiger partial charge >= 0.3 is 0 Å². The van der Waals surface area contributed by atoms with Crippen LogP contribution in [0.2, 0.25) is 0 Å². The smallest absolute Gasteiger partial charge is 0.0368 e. The molecule has 0 radical (unpaired) electrons. The maximum Gasteiger partial charge on any atom is 0.0368 e. The zero-order chi connectivity index (χ0) is 13.5. The van der Waals surface area contributed by atoms with Gasteiger partial charge in [0.25, 0.3) is 0 Å². The van der Waals surface area contributed by atoms with Gasteiger partial charge in [-0.1, -0.05) is 32.9 Å². The topological polar surface area (TPSA) is 15.3 Å². The first-order chi connectivity index (χ1) is 8.58. The summed E-state index contributed by atoms with van der Waals surface area (Å²) in [6, 6.07) is 10.1. The van der Waals surface area contributed by atoms with E-state index < -0.39 is 0 Å². The number of anilines is 1. The SMILES string of the molecule is CCC(C)N(CC)c1ccc(CNC(C)C)cc1. The molecule has 0 saturated carbocycles. The summed E-state index contributed by atoms with van der Waals surface area (Å²) in [6.07, 6.45) is 1.19. The molecule has 1 aromatic rings. The number of rotatable bonds is 7.